The predicted molar refractivity (Wildman–Crippen MR) is 136 cm³/mol. The Balaban J connectivity index is 1.52. The van der Waals surface area contributed by atoms with Gasteiger partial charge in [-0.05, 0) is 56.2 Å². The fraction of sp³-hybridized carbons (Fsp3) is 0.885. The maximum atomic E-state index is 13.8. The molecule has 4 aliphatic heterocycles. The first-order chi connectivity index (χ1) is 16.7. The summed E-state index contributed by atoms with van der Waals surface area (Å²) in [4.78, 5) is 15.8. The summed E-state index contributed by atoms with van der Waals surface area (Å²) in [5, 5.41) is 35.0. The third kappa shape index (κ3) is 6.08. The van der Waals surface area contributed by atoms with Crippen molar-refractivity contribution in [2.45, 2.75) is 94.5 Å². The van der Waals surface area contributed by atoms with Crippen molar-refractivity contribution in [2.24, 2.45) is 23.7 Å². The first kappa shape index (κ1) is 27.4. The molecule has 4 heterocycles. The van der Waals surface area contributed by atoms with E-state index in [0.717, 1.165) is 31.6 Å². The van der Waals surface area contributed by atoms with Gasteiger partial charge in [-0.15, -0.1) is 11.8 Å². The van der Waals surface area contributed by atoms with Crippen molar-refractivity contribution in [2.75, 3.05) is 26.0 Å². The molecular weight excluding hydrogens is 468 g/mol. The Kier molecular flexibility index (Phi) is 9.22. The third-order valence-electron chi connectivity index (χ3n) is 8.16. The molecule has 0 aromatic carbocycles. The molecule has 3 saturated heterocycles. The smallest absolute Gasteiger partial charge is 0.240 e. The van der Waals surface area contributed by atoms with Crippen molar-refractivity contribution in [3.05, 3.63) is 12.2 Å². The zero-order valence-electron chi connectivity index (χ0n) is 21.5. The SMILES string of the molecule is CC(C)C[C@@H]1CCO[C@@H]2[C@@H](C1)CN(C)[C@@H]2C(=O)N[C@H]1C2OC(SCC/C=C\[C@H]1C)C(O)C(O)C2O. The zero-order chi connectivity index (χ0) is 25.3. The molecule has 8 nitrogen and oxygen atoms in total. The van der Waals surface area contributed by atoms with Crippen molar-refractivity contribution in [3.63, 3.8) is 0 Å². The number of hydrogen-bond acceptors (Lipinski definition) is 8. The van der Waals surface area contributed by atoms with E-state index in [1.54, 1.807) is 0 Å². The van der Waals surface area contributed by atoms with Gasteiger partial charge in [0.25, 0.3) is 0 Å². The summed E-state index contributed by atoms with van der Waals surface area (Å²) < 4.78 is 12.4. The molecule has 0 spiro atoms. The number of nitrogens with zero attached hydrogens (tertiary/aromatic N) is 1. The average Bonchev–Trinajstić information content (AvgIpc) is 2.98. The molecular formula is C26H44N2O6S. The Labute approximate surface area is 213 Å². The zero-order valence-corrected chi connectivity index (χ0v) is 22.3. The second-order valence-electron chi connectivity index (χ2n) is 11.4. The number of likely N-dealkylation sites (tertiary alicyclic amines) is 1. The van der Waals surface area contributed by atoms with Gasteiger partial charge in [-0.2, -0.15) is 0 Å². The van der Waals surface area contributed by atoms with Crippen LogP contribution in [0, 0.1) is 23.7 Å². The molecule has 0 radical (unpaired) electrons. The van der Waals surface area contributed by atoms with Crippen molar-refractivity contribution in [1.82, 2.24) is 10.2 Å². The minimum atomic E-state index is -1.33. The van der Waals surface area contributed by atoms with E-state index in [9.17, 15) is 20.1 Å². The van der Waals surface area contributed by atoms with E-state index in [1.165, 1.54) is 18.2 Å². The number of thioether (sulfide) groups is 1. The maximum absolute atomic E-state index is 13.8. The molecule has 5 unspecified atom stereocenters. The molecule has 4 rings (SSSR count). The fourth-order valence-electron chi connectivity index (χ4n) is 6.43. The van der Waals surface area contributed by atoms with E-state index in [-0.39, 0.29) is 17.9 Å². The highest BCUT2D eigenvalue weighted by atomic mass is 32.2. The van der Waals surface area contributed by atoms with Gasteiger partial charge < -0.3 is 30.1 Å². The predicted octanol–water partition coefficient (Wildman–Crippen LogP) is 1.38. The number of nitrogens with one attached hydrogen (secondary N) is 1. The molecule has 4 N–H and O–H groups in total. The van der Waals surface area contributed by atoms with E-state index in [4.69, 9.17) is 9.47 Å². The number of aliphatic hydroxyl groups excluding tert-OH is 3. The Morgan fingerprint density at radius 3 is 2.71 bits per heavy atom. The molecule has 1 amide bonds. The molecule has 200 valence electrons. The molecule has 4 aliphatic rings. The van der Waals surface area contributed by atoms with Gasteiger partial charge in [0.1, 0.15) is 35.9 Å². The van der Waals surface area contributed by atoms with Crippen molar-refractivity contribution in [1.29, 1.82) is 0 Å². The summed E-state index contributed by atoms with van der Waals surface area (Å²) in [5.41, 5.74) is -0.655. The highest BCUT2D eigenvalue weighted by Gasteiger charge is 2.51. The summed E-state index contributed by atoms with van der Waals surface area (Å²) in [5.74, 6) is 2.06. The van der Waals surface area contributed by atoms with Crippen molar-refractivity contribution < 1.29 is 29.6 Å². The van der Waals surface area contributed by atoms with Crippen LogP contribution in [0.25, 0.3) is 0 Å². The van der Waals surface area contributed by atoms with E-state index in [1.807, 2.05) is 20.0 Å². The number of fused-ring (bicyclic) bond motifs is 3. The van der Waals surface area contributed by atoms with Gasteiger partial charge in [-0.25, -0.2) is 0 Å². The molecule has 9 heteroatoms. The average molecular weight is 513 g/mol. The number of amides is 1. The second-order valence-corrected chi connectivity index (χ2v) is 12.6. The van der Waals surface area contributed by atoms with Crippen molar-refractivity contribution >= 4 is 17.7 Å². The standard InChI is InChI=1S/C26H44N2O6S/c1-14(2)11-16-8-9-33-23-17(12-16)13-28(4)19(23)25(32)27-18-15(3)7-5-6-10-35-26-22(31)20(29)21(30)24(18)34-26/h5,7,14-24,26,29-31H,6,8-13H2,1-4H3,(H,27,32)/b7-5-/t15-,16+,17+,18-,19+,20?,21?,22?,23-,24?,26?/m1/s1. The number of carbonyl (C=O) groups is 1. The van der Waals surface area contributed by atoms with Gasteiger partial charge >= 0.3 is 0 Å². The lowest BCUT2D eigenvalue weighted by molar-refractivity contribution is -0.207. The summed E-state index contributed by atoms with van der Waals surface area (Å²) >= 11 is 1.42. The molecule has 0 aliphatic carbocycles. The van der Waals surface area contributed by atoms with Gasteiger partial charge in [0.05, 0.1) is 12.1 Å². The van der Waals surface area contributed by atoms with Gasteiger partial charge in [0.2, 0.25) is 5.91 Å². The Hall–Kier alpha value is -0.680. The Bertz CT molecular complexity index is 753. The Morgan fingerprint density at radius 2 is 1.97 bits per heavy atom. The van der Waals surface area contributed by atoms with Crippen LogP contribution in [0.15, 0.2) is 12.2 Å². The summed E-state index contributed by atoms with van der Waals surface area (Å²) in [7, 11) is 1.98. The van der Waals surface area contributed by atoms with Crippen LogP contribution in [-0.2, 0) is 14.3 Å². The summed E-state index contributed by atoms with van der Waals surface area (Å²) in [6.45, 7) is 8.00. The quantitative estimate of drug-likeness (QED) is 0.418. The third-order valence-corrected chi connectivity index (χ3v) is 9.35. The van der Waals surface area contributed by atoms with E-state index in [2.05, 4.69) is 30.1 Å². The number of ether oxygens (including phenoxy) is 2. The highest BCUT2D eigenvalue weighted by molar-refractivity contribution is 7.99. The number of allylic oxidation sites excluding steroid dienone is 1. The lowest BCUT2D eigenvalue weighted by Gasteiger charge is -2.45. The minimum Gasteiger partial charge on any atom is -0.388 e. The van der Waals surface area contributed by atoms with Gasteiger partial charge in [0.15, 0.2) is 0 Å². The largest absolute Gasteiger partial charge is 0.388 e. The van der Waals surface area contributed by atoms with Crippen LogP contribution < -0.4 is 5.32 Å². The molecule has 0 aromatic rings. The molecule has 0 aromatic heterocycles. The van der Waals surface area contributed by atoms with E-state index >= 15 is 0 Å². The lowest BCUT2D eigenvalue weighted by Crippen LogP contribution is -2.65. The van der Waals surface area contributed by atoms with Crippen LogP contribution in [0.3, 0.4) is 0 Å². The second kappa shape index (κ2) is 11.8. The van der Waals surface area contributed by atoms with Crippen LogP contribution in [0.1, 0.15) is 46.5 Å². The van der Waals surface area contributed by atoms with Crippen LogP contribution in [0.5, 0.6) is 0 Å². The Morgan fingerprint density at radius 1 is 1.20 bits per heavy atom. The van der Waals surface area contributed by atoms with Crippen LogP contribution >= 0.6 is 11.8 Å². The van der Waals surface area contributed by atoms with Crippen LogP contribution in [-0.4, -0.2) is 100 Å². The molecule has 2 bridgehead atoms. The number of hydrogen-bond donors (Lipinski definition) is 4. The number of likely N-dealkylation sites (N-methyl/N-ethyl adjacent to an activating group) is 1. The summed E-state index contributed by atoms with van der Waals surface area (Å²) in [6.07, 6.45) is 3.41. The number of carbonyl (C=O) groups excluding carboxylic acids is 1. The molecule has 0 saturated carbocycles. The minimum absolute atomic E-state index is 0.127. The van der Waals surface area contributed by atoms with E-state index < -0.39 is 41.9 Å². The lowest BCUT2D eigenvalue weighted by atomic mass is 9.85. The van der Waals surface area contributed by atoms with Gasteiger partial charge in [0, 0.05) is 19.1 Å². The van der Waals surface area contributed by atoms with Crippen LogP contribution in [0.2, 0.25) is 0 Å². The topological polar surface area (TPSA) is 111 Å². The molecule has 35 heavy (non-hydrogen) atoms. The van der Waals surface area contributed by atoms with E-state index in [0.29, 0.717) is 24.4 Å². The highest BCUT2D eigenvalue weighted by Crippen LogP contribution is 2.37. The number of aliphatic hydroxyl groups is 3. The normalized spacial score (nSPS) is 46.0. The molecule has 11 atom stereocenters. The first-order valence-electron chi connectivity index (χ1n) is 13.3. The molecule has 3 fully saturated rings. The van der Waals surface area contributed by atoms with Gasteiger partial charge in [-0.3, -0.25) is 9.69 Å². The fourth-order valence-corrected chi connectivity index (χ4v) is 7.50. The number of rotatable bonds is 4. The van der Waals surface area contributed by atoms with Crippen LogP contribution in [0.4, 0.5) is 0 Å². The maximum Gasteiger partial charge on any atom is 0.240 e. The van der Waals surface area contributed by atoms with Gasteiger partial charge in [-0.1, -0.05) is 32.9 Å². The summed E-state index contributed by atoms with van der Waals surface area (Å²) in [6, 6.07) is -0.963. The van der Waals surface area contributed by atoms with Crippen molar-refractivity contribution in [3.8, 4) is 0 Å². The first-order valence-corrected chi connectivity index (χ1v) is 14.3. The monoisotopic (exact) mass is 512 g/mol.